The Hall–Kier alpha value is -3.56. The molecular formula is C21H19F3N2O5. The first kappa shape index (κ1) is 22.1. The second kappa shape index (κ2) is 8.66. The number of anilines is 1. The van der Waals surface area contributed by atoms with Gasteiger partial charge in [-0.1, -0.05) is 13.3 Å². The van der Waals surface area contributed by atoms with Crippen LogP contribution in [0, 0.1) is 17.0 Å². The molecule has 1 aromatic heterocycles. The van der Waals surface area contributed by atoms with Crippen LogP contribution in [-0.2, 0) is 6.18 Å². The fourth-order valence-corrected chi connectivity index (χ4v) is 3.10. The molecule has 7 nitrogen and oxygen atoms in total. The number of nitrogens with zero attached hydrogens (tertiary/aromatic N) is 1. The normalized spacial score (nSPS) is 11.5. The van der Waals surface area contributed by atoms with E-state index in [0.29, 0.717) is 35.5 Å². The largest absolute Gasteiger partial charge is 0.494 e. The zero-order valence-corrected chi connectivity index (χ0v) is 16.7. The van der Waals surface area contributed by atoms with Crippen LogP contribution < -0.4 is 10.1 Å². The van der Waals surface area contributed by atoms with Crippen molar-refractivity contribution in [1.29, 1.82) is 0 Å². The number of alkyl halides is 3. The van der Waals surface area contributed by atoms with E-state index in [0.717, 1.165) is 18.9 Å². The summed E-state index contributed by atoms with van der Waals surface area (Å²) in [6.45, 7) is 4.09. The van der Waals surface area contributed by atoms with Crippen molar-refractivity contribution in [2.45, 2.75) is 32.9 Å². The van der Waals surface area contributed by atoms with Crippen LogP contribution in [0.15, 0.2) is 40.8 Å². The van der Waals surface area contributed by atoms with Gasteiger partial charge in [-0.2, -0.15) is 13.2 Å². The zero-order chi connectivity index (χ0) is 22.8. The topological polar surface area (TPSA) is 94.6 Å². The van der Waals surface area contributed by atoms with Crippen molar-refractivity contribution in [3.8, 4) is 5.75 Å². The number of nitro benzene ring substituents is 1. The standard InChI is InChI=1S/C21H19F3N2O5/c1-3-4-9-30-14-6-8-18-15(11-14)19(12(2)31-18)20(27)25-13-5-7-17(26(28)29)16(10-13)21(22,23)24/h5-8,10-11H,3-4,9H2,1-2H3,(H,25,27). The Bertz CT molecular complexity index is 1140. The molecule has 0 aliphatic rings. The zero-order valence-electron chi connectivity index (χ0n) is 16.7. The maximum absolute atomic E-state index is 13.2. The average Bonchev–Trinajstić information content (AvgIpc) is 3.02. The van der Waals surface area contributed by atoms with Gasteiger partial charge in [0.05, 0.1) is 17.1 Å². The molecule has 0 saturated heterocycles. The van der Waals surface area contributed by atoms with Gasteiger partial charge in [-0.05, 0) is 43.7 Å². The predicted octanol–water partition coefficient (Wildman–Crippen LogP) is 6.10. The quantitative estimate of drug-likeness (QED) is 0.274. The third-order valence-electron chi connectivity index (χ3n) is 4.59. The van der Waals surface area contributed by atoms with Gasteiger partial charge in [0.25, 0.3) is 11.6 Å². The molecule has 0 fully saturated rings. The van der Waals surface area contributed by atoms with Gasteiger partial charge >= 0.3 is 6.18 Å². The minimum atomic E-state index is -4.95. The van der Waals surface area contributed by atoms with Gasteiger partial charge in [0, 0.05) is 17.1 Å². The second-order valence-electron chi connectivity index (χ2n) is 6.83. The highest BCUT2D eigenvalue weighted by molar-refractivity contribution is 6.13. The molecule has 0 bridgehead atoms. The number of hydrogen-bond acceptors (Lipinski definition) is 5. The molecule has 0 aliphatic carbocycles. The average molecular weight is 436 g/mol. The van der Waals surface area contributed by atoms with E-state index in [-0.39, 0.29) is 17.0 Å². The highest BCUT2D eigenvalue weighted by Gasteiger charge is 2.38. The third kappa shape index (κ3) is 4.79. The molecule has 0 saturated carbocycles. The van der Waals surface area contributed by atoms with Crippen LogP contribution in [0.4, 0.5) is 24.5 Å². The van der Waals surface area contributed by atoms with Crippen LogP contribution in [0.5, 0.6) is 5.75 Å². The van der Waals surface area contributed by atoms with Gasteiger partial charge in [-0.15, -0.1) is 0 Å². The van der Waals surface area contributed by atoms with E-state index in [1.54, 1.807) is 25.1 Å². The lowest BCUT2D eigenvalue weighted by Gasteiger charge is -2.11. The lowest BCUT2D eigenvalue weighted by atomic mass is 10.1. The highest BCUT2D eigenvalue weighted by Crippen LogP contribution is 2.38. The summed E-state index contributed by atoms with van der Waals surface area (Å²) in [6.07, 6.45) is -3.14. The van der Waals surface area contributed by atoms with E-state index in [2.05, 4.69) is 5.32 Å². The fraction of sp³-hybridized carbons (Fsp3) is 0.286. The molecule has 0 atom stereocenters. The SMILES string of the molecule is CCCCOc1ccc2oc(C)c(C(=O)Nc3ccc([N+](=O)[O-])c(C(F)(F)F)c3)c2c1. The maximum Gasteiger partial charge on any atom is 0.423 e. The summed E-state index contributed by atoms with van der Waals surface area (Å²) in [6, 6.07) is 7.27. The van der Waals surface area contributed by atoms with Crippen LogP contribution in [0.1, 0.15) is 41.4 Å². The Morgan fingerprint density at radius 3 is 2.61 bits per heavy atom. The lowest BCUT2D eigenvalue weighted by Crippen LogP contribution is -2.15. The van der Waals surface area contributed by atoms with Crippen molar-refractivity contribution in [3.05, 3.63) is 63.4 Å². The number of benzene rings is 2. The number of amides is 1. The van der Waals surface area contributed by atoms with Crippen LogP contribution in [0.3, 0.4) is 0 Å². The van der Waals surface area contributed by atoms with E-state index in [1.165, 1.54) is 0 Å². The lowest BCUT2D eigenvalue weighted by molar-refractivity contribution is -0.388. The van der Waals surface area contributed by atoms with Crippen molar-refractivity contribution in [3.63, 3.8) is 0 Å². The Balaban J connectivity index is 1.93. The van der Waals surface area contributed by atoms with Crippen molar-refractivity contribution in [2.24, 2.45) is 0 Å². The second-order valence-corrected chi connectivity index (χ2v) is 6.83. The molecule has 2 aromatic carbocycles. The Labute approximate surface area is 174 Å². The van der Waals surface area contributed by atoms with E-state index in [1.807, 2.05) is 6.92 Å². The molecule has 0 radical (unpaired) electrons. The summed E-state index contributed by atoms with van der Waals surface area (Å²) in [5.74, 6) is 0.102. The predicted molar refractivity (Wildman–Crippen MR) is 107 cm³/mol. The molecule has 1 heterocycles. The summed E-state index contributed by atoms with van der Waals surface area (Å²) in [7, 11) is 0. The van der Waals surface area contributed by atoms with Crippen LogP contribution >= 0.6 is 0 Å². The Morgan fingerprint density at radius 1 is 1.23 bits per heavy atom. The molecule has 164 valence electrons. The number of carbonyl (C=O) groups excluding carboxylic acids is 1. The number of aryl methyl sites for hydroxylation is 1. The number of furan rings is 1. The van der Waals surface area contributed by atoms with Crippen LogP contribution in [0.25, 0.3) is 11.0 Å². The molecule has 0 unspecified atom stereocenters. The molecule has 3 rings (SSSR count). The summed E-state index contributed by atoms with van der Waals surface area (Å²) in [5.41, 5.74) is -2.21. The molecule has 1 N–H and O–H groups in total. The number of hydrogen-bond donors (Lipinski definition) is 1. The molecular weight excluding hydrogens is 417 g/mol. The highest BCUT2D eigenvalue weighted by atomic mass is 19.4. The number of unbranched alkanes of at least 4 members (excludes halogenated alkanes) is 1. The van der Waals surface area contributed by atoms with Gasteiger partial charge in [-0.25, -0.2) is 0 Å². The van der Waals surface area contributed by atoms with E-state index in [4.69, 9.17) is 9.15 Å². The monoisotopic (exact) mass is 436 g/mol. The smallest absolute Gasteiger partial charge is 0.423 e. The molecule has 3 aromatic rings. The van der Waals surface area contributed by atoms with E-state index < -0.39 is 28.3 Å². The number of nitro groups is 1. The van der Waals surface area contributed by atoms with Gasteiger partial charge in [0.15, 0.2) is 0 Å². The van der Waals surface area contributed by atoms with Crippen molar-refractivity contribution in [2.75, 3.05) is 11.9 Å². The van der Waals surface area contributed by atoms with E-state index >= 15 is 0 Å². The summed E-state index contributed by atoms with van der Waals surface area (Å²) in [5, 5.41) is 13.7. The first-order chi connectivity index (χ1) is 14.6. The molecule has 0 aliphatic heterocycles. The van der Waals surface area contributed by atoms with Crippen molar-refractivity contribution < 1.29 is 32.0 Å². The number of carbonyl (C=O) groups is 1. The molecule has 10 heteroatoms. The van der Waals surface area contributed by atoms with Gasteiger partial charge in [0.1, 0.15) is 22.7 Å². The van der Waals surface area contributed by atoms with Gasteiger partial charge in [0.2, 0.25) is 0 Å². The molecule has 0 spiro atoms. The Morgan fingerprint density at radius 2 is 1.97 bits per heavy atom. The summed E-state index contributed by atoms with van der Waals surface area (Å²) >= 11 is 0. The first-order valence-corrected chi connectivity index (χ1v) is 9.44. The van der Waals surface area contributed by atoms with E-state index in [9.17, 15) is 28.1 Å². The van der Waals surface area contributed by atoms with Crippen molar-refractivity contribution in [1.82, 2.24) is 0 Å². The number of nitrogens with one attached hydrogen (secondary N) is 1. The number of ether oxygens (including phenoxy) is 1. The Kier molecular flexibility index (Phi) is 6.19. The first-order valence-electron chi connectivity index (χ1n) is 9.44. The summed E-state index contributed by atoms with van der Waals surface area (Å²) < 4.78 is 50.8. The van der Waals surface area contributed by atoms with Crippen LogP contribution in [0.2, 0.25) is 0 Å². The minimum Gasteiger partial charge on any atom is -0.494 e. The van der Waals surface area contributed by atoms with Crippen molar-refractivity contribution >= 4 is 28.3 Å². The van der Waals surface area contributed by atoms with Crippen LogP contribution in [-0.4, -0.2) is 17.4 Å². The molecule has 31 heavy (non-hydrogen) atoms. The molecule has 1 amide bonds. The third-order valence-corrected chi connectivity index (χ3v) is 4.59. The summed E-state index contributed by atoms with van der Waals surface area (Å²) in [4.78, 5) is 22.6. The number of halogens is 3. The van der Waals surface area contributed by atoms with Gasteiger partial charge < -0.3 is 14.5 Å². The maximum atomic E-state index is 13.2. The number of rotatable bonds is 7. The fourth-order valence-electron chi connectivity index (χ4n) is 3.10. The van der Waals surface area contributed by atoms with Gasteiger partial charge in [-0.3, -0.25) is 14.9 Å². The number of fused-ring (bicyclic) bond motifs is 1. The minimum absolute atomic E-state index is 0.142.